The van der Waals surface area contributed by atoms with Crippen molar-refractivity contribution in [3.63, 3.8) is 0 Å². The van der Waals surface area contributed by atoms with Gasteiger partial charge in [-0.05, 0) is 50.7 Å². The van der Waals surface area contributed by atoms with Gasteiger partial charge < -0.3 is 24.3 Å². The molecule has 0 bridgehead atoms. The summed E-state index contributed by atoms with van der Waals surface area (Å²) in [5, 5.41) is 2.93. The number of amides is 1. The first-order valence-corrected chi connectivity index (χ1v) is 9.22. The second-order valence-corrected chi connectivity index (χ2v) is 6.57. The predicted octanol–water partition coefficient (Wildman–Crippen LogP) is 3.28. The Morgan fingerprint density at radius 2 is 1.96 bits per heavy atom. The number of ether oxygens (including phenoxy) is 4. The van der Waals surface area contributed by atoms with E-state index in [0.717, 1.165) is 5.56 Å². The molecule has 3 rings (SSSR count). The van der Waals surface area contributed by atoms with E-state index in [1.54, 1.807) is 25.3 Å². The fraction of sp³-hybridized carbons (Fsp3) is 0.381. The zero-order chi connectivity index (χ0) is 20.1. The Kier molecular flexibility index (Phi) is 6.26. The number of likely N-dealkylation sites (N-methyl/N-ethyl adjacent to an activating group) is 1. The van der Waals surface area contributed by atoms with Gasteiger partial charge in [-0.15, -0.1) is 0 Å². The van der Waals surface area contributed by atoms with Crippen molar-refractivity contribution < 1.29 is 23.7 Å². The van der Waals surface area contributed by atoms with E-state index < -0.39 is 0 Å². The van der Waals surface area contributed by atoms with Crippen LogP contribution in [-0.2, 0) is 11.3 Å². The van der Waals surface area contributed by atoms with E-state index in [2.05, 4.69) is 5.32 Å². The summed E-state index contributed by atoms with van der Waals surface area (Å²) in [5.74, 6) is 2.63. The van der Waals surface area contributed by atoms with Gasteiger partial charge in [-0.2, -0.15) is 0 Å². The molecule has 7 nitrogen and oxygen atoms in total. The first-order valence-electron chi connectivity index (χ1n) is 9.22. The van der Waals surface area contributed by atoms with Crippen molar-refractivity contribution >= 4 is 11.6 Å². The lowest BCUT2D eigenvalue weighted by atomic mass is 10.1. The number of carbonyl (C=O) groups excluding carboxylic acids is 1. The third-order valence-corrected chi connectivity index (χ3v) is 4.64. The van der Waals surface area contributed by atoms with Crippen molar-refractivity contribution in [3.05, 3.63) is 42.0 Å². The van der Waals surface area contributed by atoms with Crippen LogP contribution in [0.1, 0.15) is 19.4 Å². The van der Waals surface area contributed by atoms with Gasteiger partial charge in [0.25, 0.3) is 0 Å². The number of benzene rings is 2. The van der Waals surface area contributed by atoms with Crippen molar-refractivity contribution in [1.29, 1.82) is 0 Å². The van der Waals surface area contributed by atoms with Crippen LogP contribution in [0.15, 0.2) is 36.4 Å². The molecule has 0 aromatic heterocycles. The number of methoxy groups -OCH3 is 1. The van der Waals surface area contributed by atoms with E-state index >= 15 is 0 Å². The van der Waals surface area contributed by atoms with Crippen LogP contribution in [0, 0.1) is 0 Å². The summed E-state index contributed by atoms with van der Waals surface area (Å²) in [6.45, 7) is 5.18. The lowest BCUT2D eigenvalue weighted by Gasteiger charge is -2.24. The molecule has 2 aromatic rings. The minimum Gasteiger partial charge on any atom is -0.493 e. The molecular formula is C21H26N2O5. The average Bonchev–Trinajstić information content (AvgIpc) is 3.16. The molecule has 2 aromatic carbocycles. The Labute approximate surface area is 165 Å². The normalized spacial score (nSPS) is 13.3. The third kappa shape index (κ3) is 4.48. The summed E-state index contributed by atoms with van der Waals surface area (Å²) >= 11 is 0. The van der Waals surface area contributed by atoms with Gasteiger partial charge in [-0.1, -0.05) is 6.07 Å². The van der Waals surface area contributed by atoms with Gasteiger partial charge in [0.05, 0.1) is 19.8 Å². The summed E-state index contributed by atoms with van der Waals surface area (Å²) < 4.78 is 21.6. The van der Waals surface area contributed by atoms with Crippen molar-refractivity contribution in [3.8, 4) is 23.0 Å². The molecule has 0 aliphatic carbocycles. The van der Waals surface area contributed by atoms with E-state index in [-0.39, 0.29) is 18.7 Å². The third-order valence-electron chi connectivity index (χ3n) is 4.64. The standard InChI is InChI=1S/C21H26N2O5/c1-5-26-17-8-6-15(10-19(17)25-4)12-23(3)14(2)21(24)22-16-7-9-18-20(11-16)28-13-27-18/h6-11,14H,5,12-13H2,1-4H3,(H,22,24)/t14-/m1/s1. The van der Waals surface area contributed by atoms with Crippen LogP contribution in [0.5, 0.6) is 23.0 Å². The monoisotopic (exact) mass is 386 g/mol. The molecule has 28 heavy (non-hydrogen) atoms. The number of nitrogens with one attached hydrogen (secondary N) is 1. The molecule has 0 fully saturated rings. The predicted molar refractivity (Wildman–Crippen MR) is 106 cm³/mol. The molecule has 0 unspecified atom stereocenters. The van der Waals surface area contributed by atoms with Crippen LogP contribution in [-0.4, -0.2) is 44.4 Å². The molecule has 1 aliphatic rings. The number of anilines is 1. The van der Waals surface area contributed by atoms with Crippen LogP contribution in [0.4, 0.5) is 5.69 Å². The van der Waals surface area contributed by atoms with Crippen LogP contribution in [0.2, 0.25) is 0 Å². The van der Waals surface area contributed by atoms with Crippen molar-refractivity contribution in [2.24, 2.45) is 0 Å². The number of hydrogen-bond donors (Lipinski definition) is 1. The Hall–Kier alpha value is -2.93. The van der Waals surface area contributed by atoms with Crippen LogP contribution in [0.25, 0.3) is 0 Å². The highest BCUT2D eigenvalue weighted by atomic mass is 16.7. The highest BCUT2D eigenvalue weighted by molar-refractivity contribution is 5.94. The van der Waals surface area contributed by atoms with Gasteiger partial charge in [0.2, 0.25) is 12.7 Å². The smallest absolute Gasteiger partial charge is 0.241 e. The van der Waals surface area contributed by atoms with Crippen LogP contribution in [0.3, 0.4) is 0 Å². The molecule has 150 valence electrons. The van der Waals surface area contributed by atoms with Crippen molar-refractivity contribution in [1.82, 2.24) is 4.90 Å². The largest absolute Gasteiger partial charge is 0.493 e. The van der Waals surface area contributed by atoms with Crippen molar-refractivity contribution in [2.45, 2.75) is 26.4 Å². The Morgan fingerprint density at radius 3 is 2.71 bits per heavy atom. The quantitative estimate of drug-likeness (QED) is 0.751. The fourth-order valence-electron chi connectivity index (χ4n) is 2.93. The maximum absolute atomic E-state index is 12.6. The highest BCUT2D eigenvalue weighted by Gasteiger charge is 2.20. The molecule has 1 N–H and O–H groups in total. The molecule has 0 saturated carbocycles. The van der Waals surface area contributed by atoms with E-state index in [1.807, 2.05) is 44.0 Å². The second-order valence-electron chi connectivity index (χ2n) is 6.57. The Bertz CT molecular complexity index is 840. The average molecular weight is 386 g/mol. The van der Waals surface area contributed by atoms with Gasteiger partial charge in [0, 0.05) is 18.3 Å². The first-order chi connectivity index (χ1) is 13.5. The molecule has 1 heterocycles. The summed E-state index contributed by atoms with van der Waals surface area (Å²) in [6.07, 6.45) is 0. The molecule has 0 radical (unpaired) electrons. The molecule has 0 spiro atoms. The van der Waals surface area contributed by atoms with E-state index in [0.29, 0.717) is 41.8 Å². The minimum atomic E-state index is -0.331. The summed E-state index contributed by atoms with van der Waals surface area (Å²) in [5.41, 5.74) is 1.71. The van der Waals surface area contributed by atoms with Gasteiger partial charge >= 0.3 is 0 Å². The maximum atomic E-state index is 12.6. The molecular weight excluding hydrogens is 360 g/mol. The molecule has 7 heteroatoms. The molecule has 0 saturated heterocycles. The van der Waals surface area contributed by atoms with Gasteiger partial charge in [-0.25, -0.2) is 0 Å². The zero-order valence-electron chi connectivity index (χ0n) is 16.7. The number of hydrogen-bond acceptors (Lipinski definition) is 6. The number of nitrogens with zero attached hydrogens (tertiary/aromatic N) is 1. The summed E-state index contributed by atoms with van der Waals surface area (Å²) in [6, 6.07) is 10.8. The topological polar surface area (TPSA) is 69.3 Å². The number of fused-ring (bicyclic) bond motifs is 1. The Morgan fingerprint density at radius 1 is 1.18 bits per heavy atom. The van der Waals surface area contributed by atoms with E-state index in [4.69, 9.17) is 18.9 Å². The van der Waals surface area contributed by atoms with Gasteiger partial charge in [0.15, 0.2) is 23.0 Å². The summed E-state index contributed by atoms with van der Waals surface area (Å²) in [7, 11) is 3.53. The lowest BCUT2D eigenvalue weighted by Crippen LogP contribution is -2.39. The minimum absolute atomic E-state index is 0.0979. The highest BCUT2D eigenvalue weighted by Crippen LogP contribution is 2.34. The van der Waals surface area contributed by atoms with Gasteiger partial charge in [-0.3, -0.25) is 9.69 Å². The van der Waals surface area contributed by atoms with Gasteiger partial charge in [0.1, 0.15) is 0 Å². The van der Waals surface area contributed by atoms with Crippen molar-refractivity contribution in [2.75, 3.05) is 32.9 Å². The van der Waals surface area contributed by atoms with Crippen LogP contribution < -0.4 is 24.3 Å². The zero-order valence-corrected chi connectivity index (χ0v) is 16.7. The SMILES string of the molecule is CCOc1ccc(CN(C)[C@H](C)C(=O)Nc2ccc3c(c2)OCO3)cc1OC. The maximum Gasteiger partial charge on any atom is 0.241 e. The van der Waals surface area contributed by atoms with Crippen LogP contribution >= 0.6 is 0 Å². The Balaban J connectivity index is 1.62. The molecule has 1 atom stereocenters. The summed E-state index contributed by atoms with van der Waals surface area (Å²) in [4.78, 5) is 14.6. The number of rotatable bonds is 8. The van der Waals surface area contributed by atoms with E-state index in [1.165, 1.54) is 0 Å². The molecule has 1 amide bonds. The first kappa shape index (κ1) is 19.8. The van der Waals surface area contributed by atoms with E-state index in [9.17, 15) is 4.79 Å². The fourth-order valence-corrected chi connectivity index (χ4v) is 2.93. The second kappa shape index (κ2) is 8.84. The number of carbonyl (C=O) groups is 1. The molecule has 1 aliphatic heterocycles. The lowest BCUT2D eigenvalue weighted by molar-refractivity contribution is -0.120.